The molecule has 0 bridgehead atoms. The van der Waals surface area contributed by atoms with Crippen LogP contribution in [-0.4, -0.2) is 0 Å². The van der Waals surface area contributed by atoms with Crippen LogP contribution in [-0.2, 0) is 0 Å². The Hall–Kier alpha value is -0.770. The molecule has 0 aromatic rings. The summed E-state index contributed by atoms with van der Waals surface area (Å²) in [6, 6.07) is 1.95. The van der Waals surface area contributed by atoms with Crippen molar-refractivity contribution in [2.24, 2.45) is 0 Å². The van der Waals surface area contributed by atoms with Crippen LogP contribution in [0.25, 0.3) is 0 Å². The summed E-state index contributed by atoms with van der Waals surface area (Å²) >= 11 is 0. The zero-order valence-electron chi connectivity index (χ0n) is 3.73. The molecule has 0 aliphatic rings. The number of rotatable bonds is 1. The second-order valence-electron chi connectivity index (χ2n) is 0.855. The Labute approximate surface area is 37.9 Å². The van der Waals surface area contributed by atoms with Gasteiger partial charge in [-0.1, -0.05) is 12.2 Å². The first-order valence-electron chi connectivity index (χ1n) is 1.77. The Morgan fingerprint density at radius 3 is 2.67 bits per heavy atom. The predicted octanol–water partition coefficient (Wildman–Crippen LogP) is 1.28. The molecule has 0 unspecified atom stereocenters. The highest BCUT2D eigenvalue weighted by Crippen LogP contribution is 1.73. The van der Waals surface area contributed by atoms with Crippen molar-refractivity contribution >= 4 is 0 Å². The number of hydrogen-bond acceptors (Lipinski definition) is 1. The van der Waals surface area contributed by atoms with Crippen LogP contribution in [0.1, 0.15) is 13.3 Å². The maximum absolute atomic E-state index is 7.88. The normalized spacial score (nSPS) is 8.67. The molecule has 0 aromatic heterocycles. The Balaban J connectivity index is 2.92. The molecule has 0 saturated carbocycles. The highest BCUT2D eigenvalue weighted by molar-refractivity contribution is 4.83. The topological polar surface area (TPSA) is 23.8 Å². The van der Waals surface area contributed by atoms with E-state index in [1.807, 2.05) is 6.07 Å². The van der Waals surface area contributed by atoms with E-state index in [9.17, 15) is 0 Å². The maximum Gasteiger partial charge on any atom is 0.0663 e. The van der Waals surface area contributed by atoms with Gasteiger partial charge in [-0.25, -0.2) is 0 Å². The van der Waals surface area contributed by atoms with E-state index >= 15 is 0 Å². The SMILES string of the molecule is C[C]=CCC#N. The summed E-state index contributed by atoms with van der Waals surface area (Å²) in [6.45, 7) is 1.78. The van der Waals surface area contributed by atoms with Crippen molar-refractivity contribution in [1.82, 2.24) is 0 Å². The van der Waals surface area contributed by atoms with Crippen LogP contribution in [0.2, 0.25) is 0 Å². The standard InChI is InChI=1S/C5H6N/c1-2-3-4-5-6/h3H,4H2,1H3. The second kappa shape index (κ2) is 4.23. The van der Waals surface area contributed by atoms with E-state index in [0.717, 1.165) is 0 Å². The minimum absolute atomic E-state index is 0.483. The average molecular weight is 80.1 g/mol. The molecule has 1 nitrogen and oxygen atoms in total. The highest BCUT2D eigenvalue weighted by atomic mass is 14.2. The van der Waals surface area contributed by atoms with Gasteiger partial charge in [0.2, 0.25) is 0 Å². The number of allylic oxidation sites excluding steroid dienone is 2. The molecule has 0 aromatic carbocycles. The van der Waals surface area contributed by atoms with Gasteiger partial charge in [0.1, 0.15) is 0 Å². The number of nitriles is 1. The molecule has 0 fully saturated rings. The molecule has 0 spiro atoms. The van der Waals surface area contributed by atoms with Gasteiger partial charge in [0.15, 0.2) is 0 Å². The van der Waals surface area contributed by atoms with Crippen molar-refractivity contribution in [2.45, 2.75) is 13.3 Å². The molecule has 31 valence electrons. The fourth-order valence-corrected chi connectivity index (χ4v) is 0.148. The summed E-state index contributed by atoms with van der Waals surface area (Å²) < 4.78 is 0. The van der Waals surface area contributed by atoms with Gasteiger partial charge >= 0.3 is 0 Å². The van der Waals surface area contributed by atoms with Crippen molar-refractivity contribution < 1.29 is 0 Å². The molecule has 0 aliphatic carbocycles. The molecule has 1 radical (unpaired) electrons. The third kappa shape index (κ3) is 3.23. The van der Waals surface area contributed by atoms with Gasteiger partial charge in [-0.05, 0) is 6.92 Å². The first-order valence-corrected chi connectivity index (χ1v) is 1.77. The van der Waals surface area contributed by atoms with Gasteiger partial charge in [0, 0.05) is 0 Å². The minimum atomic E-state index is 0.483. The molecular formula is C5H6N. The lowest BCUT2D eigenvalue weighted by Gasteiger charge is -1.62. The number of nitrogens with zero attached hydrogens (tertiary/aromatic N) is 1. The minimum Gasteiger partial charge on any atom is -0.198 e. The van der Waals surface area contributed by atoms with Crippen LogP contribution >= 0.6 is 0 Å². The fourth-order valence-electron chi connectivity index (χ4n) is 0.148. The molecule has 0 amide bonds. The van der Waals surface area contributed by atoms with E-state index < -0.39 is 0 Å². The van der Waals surface area contributed by atoms with Crippen LogP contribution in [0, 0.1) is 17.4 Å². The van der Waals surface area contributed by atoms with Gasteiger partial charge in [-0.15, -0.1) is 0 Å². The summed E-state index contributed by atoms with van der Waals surface area (Å²) in [5.74, 6) is 0. The van der Waals surface area contributed by atoms with E-state index in [1.54, 1.807) is 13.0 Å². The Kier molecular flexibility index (Phi) is 3.69. The van der Waals surface area contributed by atoms with E-state index in [-0.39, 0.29) is 0 Å². The highest BCUT2D eigenvalue weighted by Gasteiger charge is 1.62. The monoisotopic (exact) mass is 80.1 g/mol. The molecule has 0 heterocycles. The van der Waals surface area contributed by atoms with E-state index in [2.05, 4.69) is 6.08 Å². The fraction of sp³-hybridized carbons (Fsp3) is 0.400. The van der Waals surface area contributed by atoms with Gasteiger partial charge in [-0.2, -0.15) is 5.26 Å². The largest absolute Gasteiger partial charge is 0.198 e. The molecular weight excluding hydrogens is 74.1 g/mol. The summed E-state index contributed by atoms with van der Waals surface area (Å²) in [7, 11) is 0. The lowest BCUT2D eigenvalue weighted by molar-refractivity contribution is 1.33. The lowest BCUT2D eigenvalue weighted by atomic mass is 10.4. The average Bonchev–Trinajstić information content (AvgIpc) is 1.61. The summed E-state index contributed by atoms with van der Waals surface area (Å²) in [5, 5.41) is 7.88. The van der Waals surface area contributed by atoms with Crippen LogP contribution in [0.5, 0.6) is 0 Å². The lowest BCUT2D eigenvalue weighted by Crippen LogP contribution is -1.50. The Morgan fingerprint density at radius 1 is 1.83 bits per heavy atom. The smallest absolute Gasteiger partial charge is 0.0663 e. The van der Waals surface area contributed by atoms with Crippen LogP contribution in [0.3, 0.4) is 0 Å². The third-order valence-corrected chi connectivity index (χ3v) is 0.397. The molecule has 0 atom stereocenters. The third-order valence-electron chi connectivity index (χ3n) is 0.397. The van der Waals surface area contributed by atoms with Gasteiger partial charge in [0.05, 0.1) is 12.5 Å². The summed E-state index contributed by atoms with van der Waals surface area (Å²) in [5.41, 5.74) is 0. The number of hydrogen-bond donors (Lipinski definition) is 0. The maximum atomic E-state index is 7.88. The zero-order chi connectivity index (χ0) is 4.83. The molecule has 0 rings (SSSR count). The van der Waals surface area contributed by atoms with Crippen LogP contribution in [0.4, 0.5) is 0 Å². The Morgan fingerprint density at radius 2 is 2.50 bits per heavy atom. The van der Waals surface area contributed by atoms with Crippen molar-refractivity contribution in [1.29, 1.82) is 5.26 Å². The predicted molar refractivity (Wildman–Crippen MR) is 23.7 cm³/mol. The van der Waals surface area contributed by atoms with E-state index in [1.165, 1.54) is 0 Å². The van der Waals surface area contributed by atoms with Crippen molar-refractivity contribution in [3.8, 4) is 6.07 Å². The van der Waals surface area contributed by atoms with Gasteiger partial charge in [0.25, 0.3) is 0 Å². The quantitative estimate of drug-likeness (QED) is 0.465. The van der Waals surface area contributed by atoms with Gasteiger partial charge in [-0.3, -0.25) is 0 Å². The van der Waals surface area contributed by atoms with Crippen LogP contribution in [0.15, 0.2) is 6.08 Å². The summed E-state index contributed by atoms with van der Waals surface area (Å²) in [6.07, 6.45) is 4.90. The zero-order valence-corrected chi connectivity index (χ0v) is 3.73. The molecule has 0 saturated heterocycles. The van der Waals surface area contributed by atoms with Crippen molar-refractivity contribution in [2.75, 3.05) is 0 Å². The first kappa shape index (κ1) is 5.23. The molecule has 6 heavy (non-hydrogen) atoms. The molecule has 1 heteroatoms. The van der Waals surface area contributed by atoms with E-state index in [4.69, 9.17) is 5.26 Å². The molecule has 0 aliphatic heterocycles. The first-order chi connectivity index (χ1) is 2.91. The van der Waals surface area contributed by atoms with Crippen molar-refractivity contribution in [3.05, 3.63) is 12.2 Å². The molecule has 0 N–H and O–H groups in total. The van der Waals surface area contributed by atoms with Crippen molar-refractivity contribution in [3.63, 3.8) is 0 Å². The van der Waals surface area contributed by atoms with Gasteiger partial charge < -0.3 is 0 Å². The second-order valence-corrected chi connectivity index (χ2v) is 0.855. The summed E-state index contributed by atoms with van der Waals surface area (Å²) in [4.78, 5) is 0. The Bertz CT molecular complexity index is 76.4. The van der Waals surface area contributed by atoms with E-state index in [0.29, 0.717) is 6.42 Å². The van der Waals surface area contributed by atoms with Crippen LogP contribution < -0.4 is 0 Å².